The van der Waals surface area contributed by atoms with Crippen molar-refractivity contribution in [2.75, 3.05) is 20.8 Å². The van der Waals surface area contributed by atoms with E-state index >= 15 is 0 Å². The van der Waals surface area contributed by atoms with Gasteiger partial charge in [0.2, 0.25) is 0 Å². The van der Waals surface area contributed by atoms with Crippen molar-refractivity contribution in [2.24, 2.45) is 4.99 Å². The number of ether oxygens (including phenoxy) is 4. The van der Waals surface area contributed by atoms with Gasteiger partial charge in [0, 0.05) is 32.8 Å². The fourth-order valence-electron chi connectivity index (χ4n) is 4.81. The lowest BCUT2D eigenvalue weighted by atomic mass is 9.95. The molecule has 222 valence electrons. The zero-order valence-electron chi connectivity index (χ0n) is 23.9. The minimum atomic E-state index is -0.853. The molecule has 1 aliphatic rings. The lowest BCUT2D eigenvalue weighted by Gasteiger charge is -2.26. The first-order valence-electron chi connectivity index (χ1n) is 13.3. The van der Waals surface area contributed by atoms with Gasteiger partial charge in [-0.05, 0) is 56.3 Å². The first kappa shape index (κ1) is 30.4. The predicted octanol–water partition coefficient (Wildman–Crippen LogP) is 5.70. The van der Waals surface area contributed by atoms with Crippen molar-refractivity contribution in [3.8, 4) is 17.2 Å². The summed E-state index contributed by atoms with van der Waals surface area (Å²) in [5.74, 6) is 0.968. The van der Waals surface area contributed by atoms with Crippen LogP contribution in [0.3, 0.4) is 0 Å². The van der Waals surface area contributed by atoms with E-state index in [2.05, 4.69) is 4.99 Å². The second-order valence-corrected chi connectivity index (χ2v) is 11.3. The molecule has 0 aliphatic carbocycles. The Morgan fingerprint density at radius 3 is 2.56 bits per heavy atom. The predicted molar refractivity (Wildman–Crippen MR) is 167 cm³/mol. The number of rotatable bonds is 9. The molecule has 11 heteroatoms. The van der Waals surface area contributed by atoms with E-state index in [0.29, 0.717) is 53.5 Å². The number of halogens is 2. The van der Waals surface area contributed by atoms with Crippen molar-refractivity contribution < 1.29 is 23.7 Å². The van der Waals surface area contributed by atoms with Crippen LogP contribution in [0.2, 0.25) is 10.0 Å². The summed E-state index contributed by atoms with van der Waals surface area (Å²) in [7, 11) is 3.07. The van der Waals surface area contributed by atoms with Crippen LogP contribution in [0.15, 0.2) is 81.7 Å². The molecule has 2 heterocycles. The Balaban J connectivity index is 1.66. The third kappa shape index (κ3) is 6.20. The van der Waals surface area contributed by atoms with Crippen molar-refractivity contribution in [3.05, 3.63) is 118 Å². The van der Waals surface area contributed by atoms with Crippen LogP contribution in [0.4, 0.5) is 0 Å². The number of esters is 1. The normalized spacial score (nSPS) is 14.7. The molecule has 1 aliphatic heterocycles. The molecular formula is C32H28Cl2N2O6S. The highest BCUT2D eigenvalue weighted by Gasteiger charge is 2.35. The van der Waals surface area contributed by atoms with E-state index in [4.69, 9.17) is 42.1 Å². The minimum absolute atomic E-state index is 0.165. The molecule has 0 saturated carbocycles. The molecule has 0 radical (unpaired) electrons. The van der Waals surface area contributed by atoms with Gasteiger partial charge in [-0.15, -0.1) is 0 Å². The summed E-state index contributed by atoms with van der Waals surface area (Å²) in [6.45, 7) is 3.84. The van der Waals surface area contributed by atoms with E-state index in [-0.39, 0.29) is 24.3 Å². The number of methoxy groups -OCH3 is 2. The van der Waals surface area contributed by atoms with Gasteiger partial charge in [-0.25, -0.2) is 9.79 Å². The summed E-state index contributed by atoms with van der Waals surface area (Å²) in [5.41, 5.74) is 2.35. The van der Waals surface area contributed by atoms with Crippen LogP contribution < -0.4 is 29.1 Å². The first-order valence-corrected chi connectivity index (χ1v) is 14.9. The van der Waals surface area contributed by atoms with Crippen molar-refractivity contribution in [3.63, 3.8) is 0 Å². The van der Waals surface area contributed by atoms with E-state index in [1.165, 1.54) is 23.0 Å². The summed E-state index contributed by atoms with van der Waals surface area (Å²) in [6.07, 6.45) is 1.71. The van der Waals surface area contributed by atoms with Crippen LogP contribution >= 0.6 is 34.5 Å². The van der Waals surface area contributed by atoms with Gasteiger partial charge in [-0.3, -0.25) is 9.36 Å². The quantitative estimate of drug-likeness (QED) is 0.219. The highest BCUT2D eigenvalue weighted by Crippen LogP contribution is 2.37. The molecule has 0 fully saturated rings. The Morgan fingerprint density at radius 1 is 1.05 bits per heavy atom. The topological polar surface area (TPSA) is 88.4 Å². The molecule has 0 bridgehead atoms. The molecule has 0 saturated heterocycles. The highest BCUT2D eigenvalue weighted by molar-refractivity contribution is 7.07. The first-order chi connectivity index (χ1) is 20.7. The number of carbonyl (C=O) groups is 1. The molecule has 0 amide bonds. The van der Waals surface area contributed by atoms with Crippen molar-refractivity contribution in [1.29, 1.82) is 0 Å². The van der Waals surface area contributed by atoms with Crippen molar-refractivity contribution in [1.82, 2.24) is 4.57 Å². The van der Waals surface area contributed by atoms with E-state index < -0.39 is 12.0 Å². The zero-order chi connectivity index (χ0) is 30.7. The van der Waals surface area contributed by atoms with E-state index in [1.807, 2.05) is 18.2 Å². The van der Waals surface area contributed by atoms with Crippen LogP contribution in [0.1, 0.15) is 36.6 Å². The van der Waals surface area contributed by atoms with Crippen LogP contribution in [0.5, 0.6) is 17.2 Å². The molecule has 5 rings (SSSR count). The maximum absolute atomic E-state index is 14.1. The van der Waals surface area contributed by atoms with Crippen LogP contribution in [0.25, 0.3) is 6.08 Å². The molecular weight excluding hydrogens is 611 g/mol. The maximum Gasteiger partial charge on any atom is 0.338 e. The Hall–Kier alpha value is -4.05. The second-order valence-electron chi connectivity index (χ2n) is 9.47. The van der Waals surface area contributed by atoms with Crippen molar-refractivity contribution in [2.45, 2.75) is 26.5 Å². The average Bonchev–Trinajstić information content (AvgIpc) is 3.30. The van der Waals surface area contributed by atoms with Gasteiger partial charge in [-0.1, -0.05) is 52.7 Å². The number of nitrogens with zero attached hydrogens (tertiary/aromatic N) is 2. The smallest absolute Gasteiger partial charge is 0.338 e. The highest BCUT2D eigenvalue weighted by atomic mass is 35.5. The van der Waals surface area contributed by atoms with Crippen molar-refractivity contribution >= 4 is 46.6 Å². The summed E-state index contributed by atoms with van der Waals surface area (Å²) < 4.78 is 24.4. The van der Waals surface area contributed by atoms with E-state index in [1.54, 1.807) is 69.5 Å². The van der Waals surface area contributed by atoms with Gasteiger partial charge in [-0.2, -0.15) is 0 Å². The molecule has 1 atom stereocenters. The minimum Gasteiger partial charge on any atom is -0.497 e. The number of carbonyl (C=O) groups excluding carboxylic acids is 1. The molecule has 43 heavy (non-hydrogen) atoms. The second kappa shape index (κ2) is 13.1. The molecule has 4 aromatic rings. The number of hydrogen-bond acceptors (Lipinski definition) is 8. The number of allylic oxidation sites excluding steroid dienone is 1. The summed E-state index contributed by atoms with van der Waals surface area (Å²) in [4.78, 5) is 32.5. The van der Waals surface area contributed by atoms with Crippen LogP contribution in [-0.2, 0) is 16.1 Å². The monoisotopic (exact) mass is 638 g/mol. The Kier molecular flexibility index (Phi) is 9.25. The van der Waals surface area contributed by atoms with Gasteiger partial charge in [0.05, 0.1) is 36.6 Å². The van der Waals surface area contributed by atoms with Gasteiger partial charge in [0.25, 0.3) is 5.56 Å². The lowest BCUT2D eigenvalue weighted by Crippen LogP contribution is -2.40. The molecule has 8 nitrogen and oxygen atoms in total. The Morgan fingerprint density at radius 2 is 1.84 bits per heavy atom. The number of benzene rings is 3. The largest absolute Gasteiger partial charge is 0.497 e. The fourth-order valence-corrected chi connectivity index (χ4v) is 6.21. The SMILES string of the molecule is CCOC(=O)C1=C(C)N=c2s/c(=C\c3cc(Cl)ccc3OCc3ccccc3Cl)c(=O)n2[C@H]1c1ccc(OC)cc1OC. The van der Waals surface area contributed by atoms with Crippen LogP contribution in [-0.4, -0.2) is 31.4 Å². The molecule has 1 aromatic heterocycles. The molecule has 3 aromatic carbocycles. The van der Waals surface area contributed by atoms with Gasteiger partial charge in [0.15, 0.2) is 4.80 Å². The number of hydrogen-bond donors (Lipinski definition) is 0. The number of aromatic nitrogens is 1. The van der Waals surface area contributed by atoms with Gasteiger partial charge >= 0.3 is 5.97 Å². The Bertz CT molecular complexity index is 1910. The third-order valence-electron chi connectivity index (χ3n) is 6.85. The molecule has 0 N–H and O–H groups in total. The van der Waals surface area contributed by atoms with E-state index in [9.17, 15) is 9.59 Å². The fraction of sp³-hybridized carbons (Fsp3) is 0.219. The summed E-state index contributed by atoms with van der Waals surface area (Å²) in [6, 6.07) is 17.0. The Labute approximate surface area is 262 Å². The molecule has 0 spiro atoms. The third-order valence-corrected chi connectivity index (χ3v) is 8.44. The summed E-state index contributed by atoms with van der Waals surface area (Å²) >= 11 is 13.9. The van der Waals surface area contributed by atoms with E-state index in [0.717, 1.165) is 5.56 Å². The standard InChI is InChI=1S/C32H28Cl2N2O6S/c1-5-41-31(38)28-18(2)35-32-36(29(28)23-12-11-22(39-3)16-26(23)40-4)30(37)27(43-32)15-20-14-21(33)10-13-25(20)42-17-19-8-6-7-9-24(19)34/h6-16,29H,5,17H2,1-4H3/b27-15-/t29-/m0/s1. The van der Waals surface area contributed by atoms with Crippen LogP contribution in [0, 0.1) is 0 Å². The zero-order valence-corrected chi connectivity index (χ0v) is 26.2. The average molecular weight is 640 g/mol. The number of fused-ring (bicyclic) bond motifs is 1. The number of thiazole rings is 1. The molecule has 0 unspecified atom stereocenters. The van der Waals surface area contributed by atoms with Gasteiger partial charge in [0.1, 0.15) is 29.9 Å². The summed E-state index contributed by atoms with van der Waals surface area (Å²) in [5, 5.41) is 1.07. The maximum atomic E-state index is 14.1. The lowest BCUT2D eigenvalue weighted by molar-refractivity contribution is -0.139. The van der Waals surface area contributed by atoms with Gasteiger partial charge < -0.3 is 18.9 Å².